The highest BCUT2D eigenvalue weighted by Gasteiger charge is 2.29. The molecule has 1 fully saturated rings. The molecular weight excluding hydrogens is 526 g/mol. The first-order valence-electron chi connectivity index (χ1n) is 13.7. The van der Waals surface area contributed by atoms with Crippen molar-refractivity contribution in [1.82, 2.24) is 10.6 Å². The molecule has 3 aromatic rings. The van der Waals surface area contributed by atoms with Crippen molar-refractivity contribution in [2.45, 2.75) is 37.8 Å². The first-order chi connectivity index (χ1) is 19.9. The molecule has 0 bridgehead atoms. The fourth-order valence-electron chi connectivity index (χ4n) is 5.05. The first kappa shape index (κ1) is 28.2. The van der Waals surface area contributed by atoms with Gasteiger partial charge in [0.1, 0.15) is 18.4 Å². The monoisotopic (exact) mass is 561 g/mol. The molecule has 0 radical (unpaired) electrons. The normalized spacial score (nSPS) is 17.8. The summed E-state index contributed by atoms with van der Waals surface area (Å²) in [6.45, 7) is 7.93. The predicted octanol–water partition coefficient (Wildman–Crippen LogP) is 1.58. The van der Waals surface area contributed by atoms with Crippen LogP contribution in [-0.2, 0) is 9.47 Å². The number of anilines is 1. The van der Waals surface area contributed by atoms with Crippen LogP contribution >= 0.6 is 0 Å². The van der Waals surface area contributed by atoms with E-state index in [1.165, 1.54) is 22.2 Å². The Morgan fingerprint density at radius 2 is 2.05 bits per heavy atom. The number of para-hydroxylation sites is 2. The Labute approximate surface area is 239 Å². The van der Waals surface area contributed by atoms with E-state index >= 15 is 0 Å². The Morgan fingerprint density at radius 1 is 1.27 bits per heavy atom. The summed E-state index contributed by atoms with van der Waals surface area (Å²) in [6.07, 6.45) is 0.877. The van der Waals surface area contributed by atoms with Gasteiger partial charge in [-0.15, -0.1) is 5.01 Å². The van der Waals surface area contributed by atoms with Gasteiger partial charge in [0, 0.05) is 30.2 Å². The molecule has 0 saturated carbocycles. The second-order valence-corrected chi connectivity index (χ2v) is 10.7. The van der Waals surface area contributed by atoms with Gasteiger partial charge in [-0.2, -0.15) is 10.3 Å². The molecule has 12 nitrogen and oxygen atoms in total. The average molecular weight is 562 g/mol. The molecule has 0 spiro atoms. The van der Waals surface area contributed by atoms with Crippen molar-refractivity contribution in [3.8, 4) is 11.8 Å². The molecule has 2 N–H and O–H groups in total. The van der Waals surface area contributed by atoms with Crippen LogP contribution in [0.25, 0.3) is 0 Å². The number of rotatable bonds is 11. The van der Waals surface area contributed by atoms with Crippen molar-refractivity contribution in [2.75, 3.05) is 56.3 Å². The number of hydrogen-bond donors (Lipinski definition) is 2. The standard InChI is InChI=1S/C29H35N7O5/c1-29(2,15-22-17-31-25-9-5-4-8-24(22)25)32-18-23(20-39-26-10-6-3-7-21(26)16-30)40-28(37)33-27-19-36(34-41-27)35-11-13-38-14-12-35/h3-10,19,22-23,31-32H,11-15,17-18,20H2,1-2H3. The zero-order valence-electron chi connectivity index (χ0n) is 23.3. The van der Waals surface area contributed by atoms with E-state index in [0.717, 1.165) is 13.0 Å². The minimum Gasteiger partial charge on any atom is -0.592 e. The number of fused-ring (bicyclic) bond motifs is 1. The molecule has 3 heterocycles. The topological polar surface area (TPSA) is 144 Å². The molecule has 12 heteroatoms. The van der Waals surface area contributed by atoms with E-state index in [4.69, 9.17) is 18.7 Å². The molecule has 0 aliphatic carbocycles. The predicted molar refractivity (Wildman–Crippen MR) is 148 cm³/mol. The maximum atomic E-state index is 12.8. The van der Waals surface area contributed by atoms with Crippen molar-refractivity contribution in [2.24, 2.45) is 4.99 Å². The summed E-state index contributed by atoms with van der Waals surface area (Å²) in [6, 6.07) is 17.4. The summed E-state index contributed by atoms with van der Waals surface area (Å²) >= 11 is 0. The zero-order valence-corrected chi connectivity index (χ0v) is 23.3. The van der Waals surface area contributed by atoms with Crippen LogP contribution in [0.2, 0.25) is 0 Å². The van der Waals surface area contributed by atoms with Crippen molar-refractivity contribution in [3.05, 3.63) is 65.9 Å². The molecule has 1 saturated heterocycles. The van der Waals surface area contributed by atoms with Crippen LogP contribution in [0.1, 0.15) is 37.3 Å². The van der Waals surface area contributed by atoms with Gasteiger partial charge >= 0.3 is 5.88 Å². The Balaban J connectivity index is 1.24. The van der Waals surface area contributed by atoms with Gasteiger partial charge in [0.25, 0.3) is 6.20 Å². The molecule has 1 aromatic heterocycles. The van der Waals surface area contributed by atoms with E-state index in [1.807, 2.05) is 11.1 Å². The van der Waals surface area contributed by atoms with Gasteiger partial charge in [-0.3, -0.25) is 4.52 Å². The molecule has 2 atom stereocenters. The van der Waals surface area contributed by atoms with Crippen molar-refractivity contribution < 1.29 is 28.6 Å². The van der Waals surface area contributed by atoms with Crippen LogP contribution in [0.15, 0.2) is 64.2 Å². The molecule has 216 valence electrons. The Morgan fingerprint density at radius 3 is 2.88 bits per heavy atom. The molecule has 2 aromatic carbocycles. The number of aliphatic imine (C=N–C) groups is 1. The second-order valence-electron chi connectivity index (χ2n) is 10.7. The molecule has 5 rings (SSSR count). The third-order valence-corrected chi connectivity index (χ3v) is 7.13. The SMILES string of the molecule is CC(C)(CC1CNc2ccccc21)NCC(COc1ccccc1C#N)O/C([O-])=N\c1c[n+](N2CCOCC2)no1. The van der Waals surface area contributed by atoms with E-state index < -0.39 is 12.2 Å². The van der Waals surface area contributed by atoms with Gasteiger partial charge in [-0.1, -0.05) is 30.3 Å². The Hall–Kier alpha value is -4.34. The fourth-order valence-corrected chi connectivity index (χ4v) is 5.05. The lowest BCUT2D eigenvalue weighted by Gasteiger charge is -2.34. The van der Waals surface area contributed by atoms with Crippen molar-refractivity contribution in [1.29, 1.82) is 5.26 Å². The highest BCUT2D eigenvalue weighted by Crippen LogP contribution is 2.36. The highest BCUT2D eigenvalue weighted by atomic mass is 16.6. The largest absolute Gasteiger partial charge is 0.592 e. The minimum absolute atomic E-state index is 0.0247. The van der Waals surface area contributed by atoms with E-state index in [1.54, 1.807) is 24.3 Å². The number of morpholine rings is 1. The molecule has 41 heavy (non-hydrogen) atoms. The molecule has 2 aliphatic heterocycles. The number of nitriles is 1. The fraction of sp³-hybridized carbons (Fsp3) is 0.448. The first-order valence-corrected chi connectivity index (χ1v) is 13.7. The van der Waals surface area contributed by atoms with Crippen LogP contribution in [0.4, 0.5) is 11.6 Å². The van der Waals surface area contributed by atoms with Crippen molar-refractivity contribution >= 4 is 17.7 Å². The van der Waals surface area contributed by atoms with E-state index in [9.17, 15) is 10.4 Å². The molecule has 2 unspecified atom stereocenters. The maximum Gasteiger partial charge on any atom is 0.326 e. The van der Waals surface area contributed by atoms with Gasteiger partial charge in [0.05, 0.1) is 42.8 Å². The lowest BCUT2D eigenvalue weighted by atomic mass is 9.87. The summed E-state index contributed by atoms with van der Waals surface area (Å²) in [5, 5.41) is 35.1. The summed E-state index contributed by atoms with van der Waals surface area (Å²) in [5.74, 6) is 0.799. The smallest absolute Gasteiger partial charge is 0.326 e. The van der Waals surface area contributed by atoms with E-state index in [-0.39, 0.29) is 18.0 Å². The number of benzene rings is 2. The summed E-state index contributed by atoms with van der Waals surface area (Å²) < 4.78 is 22.2. The van der Waals surface area contributed by atoms with Crippen LogP contribution in [0, 0.1) is 11.3 Å². The molecule has 0 amide bonds. The Kier molecular flexibility index (Phi) is 8.86. The highest BCUT2D eigenvalue weighted by molar-refractivity contribution is 5.65. The molecule has 2 aliphatic rings. The van der Waals surface area contributed by atoms with E-state index in [2.05, 4.69) is 59.0 Å². The quantitative estimate of drug-likeness (QED) is 0.201. The number of ether oxygens (including phenoxy) is 3. The van der Waals surface area contributed by atoms with Crippen LogP contribution in [0.3, 0.4) is 0 Å². The number of nitrogens with one attached hydrogen (secondary N) is 2. The zero-order chi connectivity index (χ0) is 28.7. The third-order valence-electron chi connectivity index (χ3n) is 7.13. The van der Waals surface area contributed by atoms with Crippen LogP contribution in [0.5, 0.6) is 5.75 Å². The van der Waals surface area contributed by atoms with Gasteiger partial charge in [-0.25, -0.2) is 0 Å². The lowest BCUT2D eigenvalue weighted by molar-refractivity contribution is -0.759. The summed E-state index contributed by atoms with van der Waals surface area (Å²) in [5.41, 5.74) is 2.61. The van der Waals surface area contributed by atoms with E-state index in [0.29, 0.717) is 50.1 Å². The summed E-state index contributed by atoms with van der Waals surface area (Å²) in [7, 11) is 0. The number of nitrogens with zero attached hydrogens (tertiary/aromatic N) is 5. The number of aromatic nitrogens is 2. The summed E-state index contributed by atoms with van der Waals surface area (Å²) in [4.78, 5) is 5.45. The number of hydrogen-bond acceptors (Lipinski definition) is 11. The van der Waals surface area contributed by atoms with Gasteiger partial charge < -0.3 is 30.0 Å². The Bertz CT molecular complexity index is 1380. The minimum atomic E-state index is -0.828. The molecular formula is C29H35N7O5. The average Bonchev–Trinajstić information content (AvgIpc) is 3.62. The van der Waals surface area contributed by atoms with Crippen LogP contribution < -0.4 is 30.3 Å². The van der Waals surface area contributed by atoms with Gasteiger partial charge in [0.15, 0.2) is 6.08 Å². The second kappa shape index (κ2) is 12.9. The van der Waals surface area contributed by atoms with Crippen molar-refractivity contribution in [3.63, 3.8) is 0 Å². The lowest BCUT2D eigenvalue weighted by Crippen LogP contribution is -2.62. The van der Waals surface area contributed by atoms with Gasteiger partial charge in [0.2, 0.25) is 5.27 Å². The third kappa shape index (κ3) is 7.45. The van der Waals surface area contributed by atoms with Crippen LogP contribution in [-0.4, -0.2) is 69.0 Å². The van der Waals surface area contributed by atoms with Gasteiger partial charge in [-0.05, 0) is 44.0 Å². The maximum absolute atomic E-state index is 12.8.